The Morgan fingerprint density at radius 3 is 2.58 bits per heavy atom. The number of carbonyl (C=O) groups is 2. The van der Waals surface area contributed by atoms with Crippen molar-refractivity contribution in [1.29, 1.82) is 0 Å². The molecule has 2 aliphatic carbocycles. The first-order chi connectivity index (χ1) is 31.9. The monoisotopic (exact) mass is 933 g/mol. The maximum atomic E-state index is 14.2. The number of hydrogen-bond donors (Lipinski definition) is 7. The van der Waals surface area contributed by atoms with Crippen LogP contribution in [0.2, 0.25) is 0 Å². The summed E-state index contributed by atoms with van der Waals surface area (Å²) < 4.78 is 6.16. The number of ketones is 2. The molecule has 0 saturated heterocycles. The molecule has 352 valence electrons. The standard InChI is InChI=1S/C54H67N3O7S2/c1-2-3-4-6-35(25-42(60)32-58)15-20-54-21-16-38(31-54)33-65-66-34-40-29-44-39(28-45(40)53(55)56)7-5-8-48-43(18-23-57-48)51(63)30-46(44)47-26-37(10-13-49(47)61)19-24-64-52-27-36(11-14-50(52)62)9-12-41(59)17-22-54/h10-11,13-14,17-18,22-23,26-29,35,38,42,46,53,57-58,60-62H,2-4,6,8-9,12,15-16,19-21,24-25,30-34,55-56H2,1H3. The van der Waals surface area contributed by atoms with Crippen LogP contribution in [0.15, 0.2) is 72.9 Å². The van der Waals surface area contributed by atoms with Crippen LogP contribution < -0.4 is 16.2 Å². The number of phenols is 2. The summed E-state index contributed by atoms with van der Waals surface area (Å²) in [7, 11) is 3.59. The second-order valence-corrected chi connectivity index (χ2v) is 21.3. The Hall–Kier alpha value is -4.48. The Kier molecular flexibility index (Phi) is 17.6. The number of nitrogens with two attached hydrogens (primary N) is 2. The number of allylic oxidation sites excluding steroid dienone is 2. The molecule has 7 rings (SSSR count). The number of phenolic OH excluding ortho intramolecular Hbond substituents is 2. The van der Waals surface area contributed by atoms with Crippen molar-refractivity contribution in [1.82, 2.24) is 4.98 Å². The Labute approximate surface area is 398 Å². The van der Waals surface area contributed by atoms with Crippen molar-refractivity contribution in [2.75, 3.05) is 19.0 Å². The van der Waals surface area contributed by atoms with E-state index in [1.807, 2.05) is 35.1 Å². The second kappa shape index (κ2) is 23.5. The van der Waals surface area contributed by atoms with Crippen molar-refractivity contribution in [3.05, 3.63) is 123 Å². The fraction of sp³-hybridized carbons (Fsp3) is 0.481. The number of H-pyrrole nitrogens is 1. The van der Waals surface area contributed by atoms with E-state index in [2.05, 4.69) is 35.9 Å². The third-order valence-electron chi connectivity index (χ3n) is 13.9. The largest absolute Gasteiger partial charge is 0.508 e. The number of aliphatic hydroxyl groups excluding tert-OH is 2. The van der Waals surface area contributed by atoms with Gasteiger partial charge in [-0.1, -0.05) is 96.4 Å². The first kappa shape index (κ1) is 49.4. The molecular formula is C54H67N3O7S2. The quantitative estimate of drug-likeness (QED) is 0.0328. The van der Waals surface area contributed by atoms with Crippen LogP contribution in [-0.2, 0) is 29.8 Å². The van der Waals surface area contributed by atoms with Crippen molar-refractivity contribution in [3.8, 4) is 29.1 Å². The van der Waals surface area contributed by atoms with E-state index < -0.39 is 18.2 Å². The van der Waals surface area contributed by atoms with Crippen molar-refractivity contribution >= 4 is 33.2 Å². The maximum absolute atomic E-state index is 14.2. The van der Waals surface area contributed by atoms with Gasteiger partial charge in [-0.3, -0.25) is 9.59 Å². The van der Waals surface area contributed by atoms with E-state index in [1.54, 1.807) is 47.3 Å². The molecule has 0 amide bonds. The lowest BCUT2D eigenvalue weighted by atomic mass is 9.76. The van der Waals surface area contributed by atoms with E-state index in [-0.39, 0.29) is 48.1 Å². The minimum Gasteiger partial charge on any atom is -0.508 e. The van der Waals surface area contributed by atoms with Crippen LogP contribution in [0.25, 0.3) is 0 Å². The highest BCUT2D eigenvalue weighted by atomic mass is 33.1. The van der Waals surface area contributed by atoms with Gasteiger partial charge < -0.3 is 41.6 Å². The minimum absolute atomic E-state index is 0.0107. The summed E-state index contributed by atoms with van der Waals surface area (Å²) >= 11 is 0. The van der Waals surface area contributed by atoms with E-state index >= 15 is 0 Å². The highest BCUT2D eigenvalue weighted by molar-refractivity contribution is 8.76. The number of nitrogens with one attached hydrogen (secondary N) is 1. The van der Waals surface area contributed by atoms with Crippen LogP contribution in [-0.4, -0.2) is 62.0 Å². The van der Waals surface area contributed by atoms with E-state index in [1.165, 1.54) is 0 Å². The number of rotatable bonds is 11. The van der Waals surface area contributed by atoms with Crippen LogP contribution in [0.3, 0.4) is 0 Å². The number of aromatic nitrogens is 1. The number of aliphatic hydroxyl groups is 2. The summed E-state index contributed by atoms with van der Waals surface area (Å²) in [6.45, 7) is 2.19. The average Bonchev–Trinajstić information content (AvgIpc) is 3.96. The molecule has 12 heteroatoms. The van der Waals surface area contributed by atoms with Crippen LogP contribution in [0.5, 0.6) is 17.2 Å². The van der Waals surface area contributed by atoms with Gasteiger partial charge in [0.25, 0.3) is 0 Å². The molecule has 3 aliphatic rings. The molecule has 10 nitrogen and oxygen atoms in total. The Morgan fingerprint density at radius 1 is 0.955 bits per heavy atom. The first-order valence-corrected chi connectivity index (χ1v) is 26.3. The highest BCUT2D eigenvalue weighted by Crippen LogP contribution is 2.50. The fourth-order valence-corrected chi connectivity index (χ4v) is 12.7. The molecule has 1 saturated carbocycles. The molecule has 0 spiro atoms. The number of aryl methyl sites for hydroxylation is 1. The Bertz CT molecular complexity index is 2400. The first-order valence-electron chi connectivity index (χ1n) is 23.8. The molecule has 5 atom stereocenters. The van der Waals surface area contributed by atoms with Crippen LogP contribution in [0.4, 0.5) is 0 Å². The number of ether oxygens (including phenoxy) is 1. The lowest BCUT2D eigenvalue weighted by Crippen LogP contribution is -2.22. The molecule has 9 N–H and O–H groups in total. The van der Waals surface area contributed by atoms with Gasteiger partial charge in [-0.15, -0.1) is 0 Å². The van der Waals surface area contributed by atoms with Gasteiger partial charge in [0, 0.05) is 65.3 Å². The van der Waals surface area contributed by atoms with Crippen molar-refractivity contribution in [3.63, 3.8) is 0 Å². The number of fused-ring (bicyclic) bond motifs is 9. The summed E-state index contributed by atoms with van der Waals surface area (Å²) in [5.41, 5.74) is 19.8. The third-order valence-corrected chi connectivity index (χ3v) is 16.4. The van der Waals surface area contributed by atoms with E-state index in [9.17, 15) is 30.0 Å². The summed E-state index contributed by atoms with van der Waals surface area (Å²) in [5.74, 6) is 8.84. The van der Waals surface area contributed by atoms with E-state index in [0.717, 1.165) is 97.1 Å². The number of benzene rings is 3. The zero-order valence-corrected chi connectivity index (χ0v) is 39.9. The molecule has 66 heavy (non-hydrogen) atoms. The molecule has 0 radical (unpaired) electrons. The fourth-order valence-electron chi connectivity index (χ4n) is 10.1. The zero-order chi connectivity index (χ0) is 46.6. The predicted molar refractivity (Wildman–Crippen MR) is 266 cm³/mol. The van der Waals surface area contributed by atoms with Crippen LogP contribution in [0, 0.1) is 29.1 Å². The van der Waals surface area contributed by atoms with Gasteiger partial charge in [-0.25, -0.2) is 0 Å². The van der Waals surface area contributed by atoms with E-state index in [4.69, 9.17) is 16.2 Å². The molecule has 1 aromatic heterocycles. The van der Waals surface area contributed by atoms with Gasteiger partial charge in [0.2, 0.25) is 0 Å². The van der Waals surface area contributed by atoms with Gasteiger partial charge in [0.15, 0.2) is 23.1 Å². The number of hydrogen-bond acceptors (Lipinski definition) is 11. The van der Waals surface area contributed by atoms with Gasteiger partial charge in [0.1, 0.15) is 5.75 Å². The van der Waals surface area contributed by atoms with Gasteiger partial charge >= 0.3 is 0 Å². The van der Waals surface area contributed by atoms with E-state index in [0.29, 0.717) is 72.1 Å². The molecule has 5 unspecified atom stereocenters. The molecule has 2 heterocycles. The number of aromatic amines is 1. The topological polar surface area (TPSA) is 192 Å². The second-order valence-electron chi connectivity index (χ2n) is 18.8. The van der Waals surface area contributed by atoms with Crippen LogP contribution in [0.1, 0.15) is 151 Å². The lowest BCUT2D eigenvalue weighted by molar-refractivity contribution is -0.114. The minimum atomic E-state index is -0.759. The number of Topliss-reactive ketones (excluding diaryl/α,β-unsaturated/α-hetero) is 1. The Balaban J connectivity index is 1.22. The summed E-state index contributed by atoms with van der Waals surface area (Å²) in [6, 6.07) is 16.5. The van der Waals surface area contributed by atoms with Gasteiger partial charge in [-0.2, -0.15) is 0 Å². The molecule has 1 fully saturated rings. The molecule has 1 aliphatic heterocycles. The number of carbonyl (C=O) groups excluding carboxylic acids is 2. The van der Waals surface area contributed by atoms with Gasteiger partial charge in [0.05, 0.1) is 31.9 Å². The lowest BCUT2D eigenvalue weighted by Gasteiger charge is -2.29. The summed E-state index contributed by atoms with van der Waals surface area (Å²) in [4.78, 5) is 30.9. The molecule has 3 aromatic carbocycles. The summed E-state index contributed by atoms with van der Waals surface area (Å²) in [5, 5.41) is 42.5. The predicted octanol–water partition coefficient (Wildman–Crippen LogP) is 9.74. The average molecular weight is 934 g/mol. The van der Waals surface area contributed by atoms with Crippen molar-refractivity contribution in [2.24, 2.45) is 28.7 Å². The van der Waals surface area contributed by atoms with Crippen LogP contribution >= 0.6 is 21.6 Å². The molecule has 8 bridgehead atoms. The molecule has 4 aromatic rings. The molecular weight excluding hydrogens is 867 g/mol. The number of aromatic hydroxyl groups is 2. The number of unbranched alkanes of at least 4 members (excludes halogenated alkanes) is 2. The zero-order valence-electron chi connectivity index (χ0n) is 38.2. The SMILES string of the molecule is CCCCCC(CCC12C=CC(=O)CCc3ccc(O)c(c3)OCCc3ccc(O)c(c3)C3CC(=O)c4cc[nH]c4CC#Cc4cc(C(N)N)c(cc43)CSSCC(CC1)C2)CC(O)CO. The Morgan fingerprint density at radius 2 is 1.77 bits per heavy atom. The maximum Gasteiger partial charge on any atom is 0.165 e. The third kappa shape index (κ3) is 12.9. The summed E-state index contributed by atoms with van der Waals surface area (Å²) in [6.07, 6.45) is 15.8. The highest BCUT2D eigenvalue weighted by Gasteiger charge is 2.38. The van der Waals surface area contributed by atoms with Crippen molar-refractivity contribution < 1.29 is 34.8 Å². The van der Waals surface area contributed by atoms with Gasteiger partial charge in [-0.05, 0) is 126 Å². The normalized spacial score (nSPS) is 21.4. The van der Waals surface area contributed by atoms with Crippen molar-refractivity contribution in [2.45, 2.75) is 127 Å². The smallest absolute Gasteiger partial charge is 0.165 e.